The van der Waals surface area contributed by atoms with Gasteiger partial charge in [-0.3, -0.25) is 0 Å². The molecule has 4 aliphatic rings. The lowest BCUT2D eigenvalue weighted by molar-refractivity contribution is -0.117. The van der Waals surface area contributed by atoms with Crippen LogP contribution in [0.5, 0.6) is 0 Å². The summed E-state index contributed by atoms with van der Waals surface area (Å²) < 4.78 is 0. The zero-order valence-corrected chi connectivity index (χ0v) is 12.9. The first-order valence-electron chi connectivity index (χ1n) is 8.43. The molecule has 4 bridgehead atoms. The third-order valence-electron chi connectivity index (χ3n) is 6.18. The molecule has 3 atom stereocenters. The van der Waals surface area contributed by atoms with Gasteiger partial charge >= 0.3 is 0 Å². The summed E-state index contributed by atoms with van der Waals surface area (Å²) in [5.74, 6) is 2.06. The molecule has 0 saturated heterocycles. The Balaban J connectivity index is 1.82. The molecule has 0 radical (unpaired) electrons. The summed E-state index contributed by atoms with van der Waals surface area (Å²) >= 11 is 0. The van der Waals surface area contributed by atoms with Gasteiger partial charge in [0, 0.05) is 6.04 Å². The molecule has 4 fully saturated rings. The van der Waals surface area contributed by atoms with E-state index in [2.05, 4.69) is 31.8 Å². The maximum atomic E-state index is 4.01. The second-order valence-corrected chi connectivity index (χ2v) is 8.17. The Kier molecular flexibility index (Phi) is 3.53. The van der Waals surface area contributed by atoms with Crippen LogP contribution in [0, 0.1) is 22.7 Å². The summed E-state index contributed by atoms with van der Waals surface area (Å²) in [6, 6.07) is 0.690. The second-order valence-electron chi connectivity index (χ2n) is 8.17. The molecule has 1 heteroatoms. The standard InChI is InChI=1S/C18H31N/c1-4-6-16(19-7-5-2)18-11-14-8-15(12-18)10-17(3,9-14)13-18/h4,14-16,19H,1,5-13H2,2-3H3. The van der Waals surface area contributed by atoms with Crippen LogP contribution < -0.4 is 5.32 Å². The Bertz CT molecular complexity index is 332. The van der Waals surface area contributed by atoms with Crippen molar-refractivity contribution in [3.05, 3.63) is 12.7 Å². The molecule has 4 rings (SSSR count). The Labute approximate surface area is 119 Å². The minimum atomic E-state index is 0.599. The molecule has 0 amide bonds. The van der Waals surface area contributed by atoms with E-state index in [4.69, 9.17) is 0 Å². The molecule has 1 nitrogen and oxygen atoms in total. The summed E-state index contributed by atoms with van der Waals surface area (Å²) in [4.78, 5) is 0. The van der Waals surface area contributed by atoms with Crippen molar-refractivity contribution >= 4 is 0 Å². The molecule has 0 aliphatic heterocycles. The Morgan fingerprint density at radius 2 is 1.95 bits per heavy atom. The molecule has 3 unspecified atom stereocenters. The first kappa shape index (κ1) is 13.7. The van der Waals surface area contributed by atoms with Crippen molar-refractivity contribution in [2.75, 3.05) is 6.54 Å². The van der Waals surface area contributed by atoms with Crippen LogP contribution >= 0.6 is 0 Å². The van der Waals surface area contributed by atoms with Gasteiger partial charge < -0.3 is 5.32 Å². The molecule has 0 aromatic rings. The number of hydrogen-bond donors (Lipinski definition) is 1. The van der Waals surface area contributed by atoms with Crippen molar-refractivity contribution in [2.45, 2.75) is 71.3 Å². The van der Waals surface area contributed by atoms with E-state index in [1.54, 1.807) is 0 Å². The van der Waals surface area contributed by atoms with Crippen LogP contribution in [0.2, 0.25) is 0 Å². The lowest BCUT2D eigenvalue weighted by atomic mass is 9.43. The zero-order chi connectivity index (χ0) is 13.5. The fraction of sp³-hybridized carbons (Fsp3) is 0.889. The van der Waals surface area contributed by atoms with Gasteiger partial charge in [0.15, 0.2) is 0 Å². The highest BCUT2D eigenvalue weighted by molar-refractivity contribution is 5.10. The number of nitrogens with one attached hydrogen (secondary N) is 1. The normalized spacial score (nSPS) is 45.4. The predicted molar refractivity (Wildman–Crippen MR) is 82.1 cm³/mol. The molecule has 1 N–H and O–H groups in total. The smallest absolute Gasteiger partial charge is 0.0158 e. The number of hydrogen-bond acceptors (Lipinski definition) is 1. The Hall–Kier alpha value is -0.300. The summed E-state index contributed by atoms with van der Waals surface area (Å²) in [5, 5.41) is 3.87. The van der Waals surface area contributed by atoms with Crippen LogP contribution in [-0.4, -0.2) is 12.6 Å². The summed E-state index contributed by atoms with van der Waals surface area (Å²) in [6.45, 7) is 10.0. The van der Waals surface area contributed by atoms with Gasteiger partial charge in [-0.25, -0.2) is 0 Å². The van der Waals surface area contributed by atoms with E-state index in [1.165, 1.54) is 51.5 Å². The van der Waals surface area contributed by atoms with Crippen LogP contribution in [0.15, 0.2) is 12.7 Å². The van der Waals surface area contributed by atoms with Crippen LogP contribution in [0.4, 0.5) is 0 Å². The van der Waals surface area contributed by atoms with Crippen LogP contribution in [0.1, 0.15) is 65.2 Å². The Morgan fingerprint density at radius 1 is 1.26 bits per heavy atom. The zero-order valence-electron chi connectivity index (χ0n) is 12.9. The van der Waals surface area contributed by atoms with E-state index < -0.39 is 0 Å². The molecule has 4 saturated carbocycles. The maximum Gasteiger partial charge on any atom is 0.0158 e. The maximum absolute atomic E-state index is 4.01. The van der Waals surface area contributed by atoms with Crippen molar-refractivity contribution in [2.24, 2.45) is 22.7 Å². The summed E-state index contributed by atoms with van der Waals surface area (Å²) in [6.07, 6.45) is 13.6. The van der Waals surface area contributed by atoms with Gasteiger partial charge in [-0.15, -0.1) is 6.58 Å². The molecule has 0 aromatic carbocycles. The summed E-state index contributed by atoms with van der Waals surface area (Å²) in [7, 11) is 0. The highest BCUT2D eigenvalue weighted by Gasteiger charge is 2.57. The van der Waals surface area contributed by atoms with E-state index in [0.29, 0.717) is 16.9 Å². The first-order chi connectivity index (χ1) is 9.09. The quantitative estimate of drug-likeness (QED) is 0.692. The SMILES string of the molecule is C=CCC(NCCC)C12CC3CC(CC(C)(C3)C1)C2. The number of rotatable bonds is 6. The van der Waals surface area contributed by atoms with E-state index in [9.17, 15) is 0 Å². The van der Waals surface area contributed by atoms with Gasteiger partial charge in [-0.05, 0) is 80.6 Å². The highest BCUT2D eigenvalue weighted by Crippen LogP contribution is 2.66. The van der Waals surface area contributed by atoms with Crippen molar-refractivity contribution in [3.8, 4) is 0 Å². The molecular weight excluding hydrogens is 230 g/mol. The topological polar surface area (TPSA) is 12.0 Å². The molecule has 0 spiro atoms. The molecular formula is C18H31N. The molecule has 0 heterocycles. The van der Waals surface area contributed by atoms with Crippen LogP contribution in [0.25, 0.3) is 0 Å². The average Bonchev–Trinajstić information content (AvgIpc) is 2.31. The fourth-order valence-corrected chi connectivity index (χ4v) is 6.24. The van der Waals surface area contributed by atoms with E-state index in [-0.39, 0.29) is 0 Å². The third kappa shape index (κ3) is 2.39. The Morgan fingerprint density at radius 3 is 2.47 bits per heavy atom. The minimum Gasteiger partial charge on any atom is -0.313 e. The lowest BCUT2D eigenvalue weighted by Gasteiger charge is -2.63. The second kappa shape index (κ2) is 4.91. The van der Waals surface area contributed by atoms with Crippen molar-refractivity contribution in [1.29, 1.82) is 0 Å². The van der Waals surface area contributed by atoms with Gasteiger partial charge in [-0.2, -0.15) is 0 Å². The average molecular weight is 261 g/mol. The van der Waals surface area contributed by atoms with E-state index >= 15 is 0 Å². The van der Waals surface area contributed by atoms with Gasteiger partial charge in [-0.1, -0.05) is 19.9 Å². The van der Waals surface area contributed by atoms with E-state index in [1.807, 2.05) is 0 Å². The molecule has 19 heavy (non-hydrogen) atoms. The summed E-state index contributed by atoms with van der Waals surface area (Å²) in [5.41, 5.74) is 1.26. The lowest BCUT2D eigenvalue weighted by Crippen LogP contribution is -2.58. The van der Waals surface area contributed by atoms with E-state index in [0.717, 1.165) is 18.3 Å². The van der Waals surface area contributed by atoms with Crippen molar-refractivity contribution in [1.82, 2.24) is 5.32 Å². The van der Waals surface area contributed by atoms with Crippen LogP contribution in [-0.2, 0) is 0 Å². The van der Waals surface area contributed by atoms with Gasteiger partial charge in [0.05, 0.1) is 0 Å². The van der Waals surface area contributed by atoms with Crippen molar-refractivity contribution in [3.63, 3.8) is 0 Å². The minimum absolute atomic E-state index is 0.599. The van der Waals surface area contributed by atoms with Crippen LogP contribution in [0.3, 0.4) is 0 Å². The van der Waals surface area contributed by atoms with Gasteiger partial charge in [0.2, 0.25) is 0 Å². The fourth-order valence-electron chi connectivity index (χ4n) is 6.24. The molecule has 0 aromatic heterocycles. The van der Waals surface area contributed by atoms with Gasteiger partial charge in [0.25, 0.3) is 0 Å². The van der Waals surface area contributed by atoms with Gasteiger partial charge in [0.1, 0.15) is 0 Å². The van der Waals surface area contributed by atoms with Crippen molar-refractivity contribution < 1.29 is 0 Å². The molecule has 108 valence electrons. The first-order valence-corrected chi connectivity index (χ1v) is 8.43. The highest BCUT2D eigenvalue weighted by atomic mass is 14.9. The molecule has 4 aliphatic carbocycles. The predicted octanol–water partition coefficient (Wildman–Crippen LogP) is 4.54. The largest absolute Gasteiger partial charge is 0.313 e. The monoisotopic (exact) mass is 261 g/mol. The third-order valence-corrected chi connectivity index (χ3v) is 6.18.